The van der Waals surface area contributed by atoms with Gasteiger partial charge in [0.2, 0.25) is 5.91 Å². The second kappa shape index (κ2) is 5.32. The van der Waals surface area contributed by atoms with Crippen LogP contribution in [0.25, 0.3) is 0 Å². The van der Waals surface area contributed by atoms with Gasteiger partial charge >= 0.3 is 0 Å². The Kier molecular flexibility index (Phi) is 3.97. The molecule has 1 atom stereocenters. The van der Waals surface area contributed by atoms with Gasteiger partial charge in [-0.1, -0.05) is 18.7 Å². The Balaban J connectivity index is 2.07. The Labute approximate surface area is 111 Å². The minimum Gasteiger partial charge on any atom is -0.440 e. The molecule has 1 fully saturated rings. The van der Waals surface area contributed by atoms with Crippen molar-refractivity contribution in [2.45, 2.75) is 37.5 Å². The van der Waals surface area contributed by atoms with Crippen LogP contribution in [0.2, 0.25) is 0 Å². The first-order valence-corrected chi connectivity index (χ1v) is 7.17. The molecule has 100 valence electrons. The molecular weight excluding hydrogens is 250 g/mol. The molecule has 0 aliphatic heterocycles. The highest BCUT2D eigenvalue weighted by Crippen LogP contribution is 2.42. The molecule has 0 saturated heterocycles. The fourth-order valence-electron chi connectivity index (χ4n) is 2.14. The normalized spacial score (nSPS) is 18.6. The first-order chi connectivity index (χ1) is 8.58. The van der Waals surface area contributed by atoms with Crippen molar-refractivity contribution in [2.24, 2.45) is 11.7 Å². The van der Waals surface area contributed by atoms with Gasteiger partial charge in [0.1, 0.15) is 11.8 Å². The summed E-state index contributed by atoms with van der Waals surface area (Å²) in [4.78, 5) is 16.0. The van der Waals surface area contributed by atoms with Crippen LogP contribution in [0.15, 0.2) is 15.9 Å². The lowest BCUT2D eigenvalue weighted by Crippen LogP contribution is -2.59. The van der Waals surface area contributed by atoms with Crippen molar-refractivity contribution in [1.82, 2.24) is 10.3 Å². The average molecular weight is 269 g/mol. The Bertz CT molecular complexity index is 431. The molecule has 0 radical (unpaired) electrons. The minimum absolute atomic E-state index is 0.275. The van der Waals surface area contributed by atoms with Gasteiger partial charge in [0, 0.05) is 5.75 Å². The molecule has 1 aromatic rings. The highest BCUT2D eigenvalue weighted by molar-refractivity contribution is 7.99. The molecule has 18 heavy (non-hydrogen) atoms. The van der Waals surface area contributed by atoms with Gasteiger partial charge in [-0.2, -0.15) is 0 Å². The maximum atomic E-state index is 11.8. The molecule has 1 aromatic heterocycles. The van der Waals surface area contributed by atoms with Gasteiger partial charge in [-0.3, -0.25) is 4.79 Å². The summed E-state index contributed by atoms with van der Waals surface area (Å²) in [5, 5.41) is 3.86. The largest absolute Gasteiger partial charge is 0.440 e. The van der Waals surface area contributed by atoms with Crippen molar-refractivity contribution < 1.29 is 9.21 Å². The molecular formula is C12H19N3O2S. The third-order valence-corrected chi connectivity index (χ3v) is 4.26. The average Bonchev–Trinajstić information content (AvgIpc) is 3.08. The number of hydrogen-bond acceptors (Lipinski definition) is 5. The summed E-state index contributed by atoms with van der Waals surface area (Å²) in [7, 11) is 0. The summed E-state index contributed by atoms with van der Waals surface area (Å²) in [5.74, 6) is 0.641. The molecule has 1 amide bonds. The van der Waals surface area contributed by atoms with Crippen molar-refractivity contribution in [2.75, 3.05) is 12.3 Å². The van der Waals surface area contributed by atoms with Gasteiger partial charge < -0.3 is 15.5 Å². The lowest BCUT2D eigenvalue weighted by atomic mass is 9.94. The number of thioether (sulfide) groups is 1. The van der Waals surface area contributed by atoms with Crippen molar-refractivity contribution >= 4 is 17.7 Å². The predicted molar refractivity (Wildman–Crippen MR) is 70.3 cm³/mol. The number of carbonyl (C=O) groups excluding carboxylic acids is 1. The monoisotopic (exact) mass is 269 g/mol. The lowest BCUT2D eigenvalue weighted by molar-refractivity contribution is -0.124. The second-order valence-electron chi connectivity index (χ2n) is 4.68. The number of nitrogens with zero attached hydrogens (tertiary/aromatic N) is 1. The van der Waals surface area contributed by atoms with E-state index in [4.69, 9.17) is 10.2 Å². The molecule has 3 N–H and O–H groups in total. The number of oxazole rings is 1. The zero-order chi connectivity index (χ0) is 13.2. The Morgan fingerprint density at radius 1 is 1.72 bits per heavy atom. The van der Waals surface area contributed by atoms with Gasteiger partial charge in [0.05, 0.1) is 5.69 Å². The summed E-state index contributed by atoms with van der Waals surface area (Å²) in [6, 6.07) is 0. The van der Waals surface area contributed by atoms with E-state index in [9.17, 15) is 4.79 Å². The minimum atomic E-state index is -0.623. The van der Waals surface area contributed by atoms with Gasteiger partial charge in [-0.05, 0) is 32.2 Å². The van der Waals surface area contributed by atoms with Crippen LogP contribution in [0.5, 0.6) is 0 Å². The fraction of sp³-hybridized carbons (Fsp3) is 0.667. The number of carbonyl (C=O) groups is 1. The van der Waals surface area contributed by atoms with Crippen molar-refractivity contribution in [1.29, 1.82) is 0 Å². The first kappa shape index (κ1) is 13.4. The van der Waals surface area contributed by atoms with E-state index in [1.165, 1.54) is 11.8 Å². The number of likely N-dealkylation sites (N-methyl/N-ethyl adjacent to an activating group) is 1. The van der Waals surface area contributed by atoms with E-state index in [0.29, 0.717) is 16.9 Å². The summed E-state index contributed by atoms with van der Waals surface area (Å²) in [6.07, 6.45) is 3.72. The molecule has 1 unspecified atom stereocenters. The molecule has 0 aromatic carbocycles. The quantitative estimate of drug-likeness (QED) is 0.730. The zero-order valence-electron chi connectivity index (χ0n) is 10.7. The Morgan fingerprint density at radius 2 is 2.44 bits per heavy atom. The molecule has 1 aliphatic carbocycles. The SMILES string of the molecule is CCNC(CSc1nc(C)co1)(C(N)=O)C1CC1. The van der Waals surface area contributed by atoms with E-state index in [0.717, 1.165) is 25.1 Å². The van der Waals surface area contributed by atoms with Crippen LogP contribution >= 0.6 is 11.8 Å². The topological polar surface area (TPSA) is 81.2 Å². The van der Waals surface area contributed by atoms with Crippen LogP contribution in [0.1, 0.15) is 25.5 Å². The number of primary amides is 1. The van der Waals surface area contributed by atoms with E-state index in [1.54, 1.807) is 6.26 Å². The first-order valence-electron chi connectivity index (χ1n) is 6.18. The number of hydrogen-bond donors (Lipinski definition) is 2. The summed E-state index contributed by atoms with van der Waals surface area (Å²) < 4.78 is 5.29. The van der Waals surface area contributed by atoms with E-state index >= 15 is 0 Å². The Hall–Kier alpha value is -1.01. The lowest BCUT2D eigenvalue weighted by Gasteiger charge is -2.30. The van der Waals surface area contributed by atoms with E-state index in [-0.39, 0.29) is 5.91 Å². The van der Waals surface area contributed by atoms with Crippen LogP contribution in [-0.4, -0.2) is 28.7 Å². The van der Waals surface area contributed by atoms with Crippen LogP contribution < -0.4 is 11.1 Å². The number of aryl methyl sites for hydroxylation is 1. The number of nitrogens with one attached hydrogen (secondary N) is 1. The van der Waals surface area contributed by atoms with Gasteiger partial charge in [-0.15, -0.1) is 0 Å². The molecule has 0 spiro atoms. The van der Waals surface area contributed by atoms with Gasteiger partial charge in [0.25, 0.3) is 5.22 Å². The molecule has 1 saturated carbocycles. The van der Waals surface area contributed by atoms with Crippen molar-refractivity contribution in [3.63, 3.8) is 0 Å². The number of aromatic nitrogens is 1. The van der Waals surface area contributed by atoms with Crippen LogP contribution in [0.3, 0.4) is 0 Å². The maximum absolute atomic E-state index is 11.8. The third-order valence-electron chi connectivity index (χ3n) is 3.23. The molecule has 2 rings (SSSR count). The van der Waals surface area contributed by atoms with Crippen LogP contribution in [0.4, 0.5) is 0 Å². The summed E-state index contributed by atoms with van der Waals surface area (Å²) in [5.41, 5.74) is 5.82. The molecule has 6 heteroatoms. The highest BCUT2D eigenvalue weighted by atomic mass is 32.2. The third kappa shape index (κ3) is 2.70. The number of amides is 1. The van der Waals surface area contributed by atoms with E-state index in [2.05, 4.69) is 10.3 Å². The summed E-state index contributed by atoms with van der Waals surface area (Å²) >= 11 is 1.44. The van der Waals surface area contributed by atoms with Crippen LogP contribution in [-0.2, 0) is 4.79 Å². The van der Waals surface area contributed by atoms with Crippen molar-refractivity contribution in [3.8, 4) is 0 Å². The fourth-order valence-corrected chi connectivity index (χ4v) is 3.29. The Morgan fingerprint density at radius 3 is 2.89 bits per heavy atom. The maximum Gasteiger partial charge on any atom is 0.255 e. The van der Waals surface area contributed by atoms with Crippen LogP contribution in [0, 0.1) is 12.8 Å². The van der Waals surface area contributed by atoms with E-state index < -0.39 is 5.54 Å². The smallest absolute Gasteiger partial charge is 0.255 e. The standard InChI is InChI=1S/C12H19N3O2S/c1-3-14-12(10(13)16,9-4-5-9)7-18-11-15-8(2)6-17-11/h6,9,14H,3-5,7H2,1-2H3,(H2,13,16). The van der Waals surface area contributed by atoms with E-state index in [1.807, 2.05) is 13.8 Å². The van der Waals surface area contributed by atoms with Crippen molar-refractivity contribution in [3.05, 3.63) is 12.0 Å². The molecule has 5 nitrogen and oxygen atoms in total. The second-order valence-corrected chi connectivity index (χ2v) is 5.61. The van der Waals surface area contributed by atoms with Gasteiger partial charge in [0.15, 0.2) is 0 Å². The number of rotatable bonds is 7. The molecule has 0 bridgehead atoms. The van der Waals surface area contributed by atoms with Gasteiger partial charge in [-0.25, -0.2) is 4.98 Å². The molecule has 1 heterocycles. The molecule has 1 aliphatic rings. The summed E-state index contributed by atoms with van der Waals surface area (Å²) in [6.45, 7) is 4.59. The highest BCUT2D eigenvalue weighted by Gasteiger charge is 2.49. The zero-order valence-corrected chi connectivity index (χ0v) is 11.5. The number of nitrogens with two attached hydrogens (primary N) is 1. The predicted octanol–water partition coefficient (Wildman–Crippen LogP) is 1.32.